The van der Waals surface area contributed by atoms with Crippen molar-refractivity contribution < 1.29 is 0 Å². The van der Waals surface area contributed by atoms with Crippen LogP contribution in [0.5, 0.6) is 0 Å². The van der Waals surface area contributed by atoms with E-state index in [2.05, 4.69) is 46.8 Å². The summed E-state index contributed by atoms with van der Waals surface area (Å²) in [4.78, 5) is 2.58. The van der Waals surface area contributed by atoms with Gasteiger partial charge in [-0.3, -0.25) is 9.58 Å². The van der Waals surface area contributed by atoms with Gasteiger partial charge in [0.15, 0.2) is 0 Å². The molecule has 0 radical (unpaired) electrons. The first-order valence-corrected chi connectivity index (χ1v) is 8.28. The highest BCUT2D eigenvalue weighted by Gasteiger charge is 2.20. The molecular weight excluding hydrogens is 248 g/mol. The minimum atomic E-state index is 0.673. The first kappa shape index (κ1) is 15.5. The van der Waals surface area contributed by atoms with Crippen LogP contribution < -0.4 is 5.32 Å². The monoisotopic (exact) mass is 278 g/mol. The van der Waals surface area contributed by atoms with Crippen molar-refractivity contribution in [2.75, 3.05) is 19.6 Å². The number of nitrogens with one attached hydrogen (secondary N) is 1. The quantitative estimate of drug-likeness (QED) is 0.831. The van der Waals surface area contributed by atoms with Crippen molar-refractivity contribution in [3.8, 4) is 0 Å². The molecule has 0 aromatic carbocycles. The Hall–Kier alpha value is -0.870. The zero-order valence-electron chi connectivity index (χ0n) is 13.4. The number of hydrogen-bond donors (Lipinski definition) is 1. The summed E-state index contributed by atoms with van der Waals surface area (Å²) in [6, 6.07) is 2.96. The Morgan fingerprint density at radius 1 is 1.35 bits per heavy atom. The molecule has 1 aliphatic rings. The average Bonchev–Trinajstić information content (AvgIpc) is 2.87. The van der Waals surface area contributed by atoms with Gasteiger partial charge >= 0.3 is 0 Å². The topological polar surface area (TPSA) is 33.1 Å². The molecule has 4 heteroatoms. The molecule has 1 N–H and O–H groups in total. The second-order valence-electron chi connectivity index (χ2n) is 5.82. The summed E-state index contributed by atoms with van der Waals surface area (Å²) in [5, 5.41) is 8.32. The Balaban J connectivity index is 1.93. The molecule has 0 amide bonds. The lowest BCUT2D eigenvalue weighted by molar-refractivity contribution is 0.179. The molecule has 20 heavy (non-hydrogen) atoms. The zero-order chi connectivity index (χ0) is 14.4. The van der Waals surface area contributed by atoms with Crippen LogP contribution in [0.4, 0.5) is 0 Å². The highest BCUT2D eigenvalue weighted by Crippen LogP contribution is 2.15. The van der Waals surface area contributed by atoms with Gasteiger partial charge in [0.05, 0.1) is 11.4 Å². The van der Waals surface area contributed by atoms with Crippen LogP contribution in [0.25, 0.3) is 0 Å². The van der Waals surface area contributed by atoms with Gasteiger partial charge in [0, 0.05) is 25.7 Å². The van der Waals surface area contributed by atoms with Crippen LogP contribution in [0.1, 0.15) is 51.4 Å². The Morgan fingerprint density at radius 3 is 2.90 bits per heavy atom. The number of aryl methyl sites for hydroxylation is 2. The molecule has 0 saturated carbocycles. The predicted molar refractivity (Wildman–Crippen MR) is 83.9 cm³/mol. The SMILES string of the molecule is CCCNC1CCCN(Cc2cc(CC)nn2CC)C1. The van der Waals surface area contributed by atoms with Gasteiger partial charge in [0.1, 0.15) is 0 Å². The molecular formula is C16H30N4. The van der Waals surface area contributed by atoms with Crippen LogP contribution in [-0.4, -0.2) is 40.4 Å². The molecule has 2 heterocycles. The maximum absolute atomic E-state index is 4.66. The number of likely N-dealkylation sites (tertiary alicyclic amines) is 1. The second kappa shape index (κ2) is 7.79. The number of hydrogen-bond acceptors (Lipinski definition) is 3. The largest absolute Gasteiger partial charge is 0.313 e. The van der Waals surface area contributed by atoms with Crippen molar-refractivity contribution >= 4 is 0 Å². The highest BCUT2D eigenvalue weighted by atomic mass is 15.3. The van der Waals surface area contributed by atoms with Crippen LogP contribution in [0.3, 0.4) is 0 Å². The fourth-order valence-corrected chi connectivity index (χ4v) is 3.03. The third kappa shape index (κ3) is 4.06. The standard InChI is InChI=1S/C16H30N4/c1-4-9-17-15-8-7-10-19(12-15)13-16-11-14(5-2)18-20(16)6-3/h11,15,17H,4-10,12-13H2,1-3H3. The minimum absolute atomic E-state index is 0.673. The summed E-state index contributed by atoms with van der Waals surface area (Å²) in [6.07, 6.45) is 4.88. The molecule has 1 atom stereocenters. The molecule has 0 spiro atoms. The lowest BCUT2D eigenvalue weighted by atomic mass is 10.1. The highest BCUT2D eigenvalue weighted by molar-refractivity contribution is 5.10. The Kier molecular flexibility index (Phi) is 6.05. The van der Waals surface area contributed by atoms with Gasteiger partial charge in [0.2, 0.25) is 0 Å². The summed E-state index contributed by atoms with van der Waals surface area (Å²) < 4.78 is 2.17. The lowest BCUT2D eigenvalue weighted by Gasteiger charge is -2.33. The number of rotatable bonds is 7. The smallest absolute Gasteiger partial charge is 0.0625 e. The molecule has 1 saturated heterocycles. The van der Waals surface area contributed by atoms with Crippen LogP contribution in [0.2, 0.25) is 0 Å². The van der Waals surface area contributed by atoms with Crippen LogP contribution in [-0.2, 0) is 19.5 Å². The molecule has 2 rings (SSSR count). The van der Waals surface area contributed by atoms with Gasteiger partial charge in [-0.1, -0.05) is 13.8 Å². The van der Waals surface area contributed by atoms with Gasteiger partial charge in [-0.15, -0.1) is 0 Å². The summed E-state index contributed by atoms with van der Waals surface area (Å²) in [5.74, 6) is 0. The van der Waals surface area contributed by atoms with Crippen molar-refractivity contribution in [3.05, 3.63) is 17.5 Å². The number of nitrogens with zero attached hydrogens (tertiary/aromatic N) is 3. The van der Waals surface area contributed by atoms with E-state index in [0.29, 0.717) is 6.04 Å². The fourth-order valence-electron chi connectivity index (χ4n) is 3.03. The van der Waals surface area contributed by atoms with Crippen molar-refractivity contribution in [2.24, 2.45) is 0 Å². The van der Waals surface area contributed by atoms with Crippen molar-refractivity contribution in [1.29, 1.82) is 0 Å². The van der Waals surface area contributed by atoms with E-state index in [0.717, 1.165) is 26.1 Å². The third-order valence-electron chi connectivity index (χ3n) is 4.15. The molecule has 1 fully saturated rings. The van der Waals surface area contributed by atoms with Crippen LogP contribution in [0, 0.1) is 0 Å². The van der Waals surface area contributed by atoms with Crippen molar-refractivity contribution in [1.82, 2.24) is 20.0 Å². The first-order valence-electron chi connectivity index (χ1n) is 8.28. The third-order valence-corrected chi connectivity index (χ3v) is 4.15. The van der Waals surface area contributed by atoms with Gasteiger partial charge in [-0.25, -0.2) is 0 Å². The van der Waals surface area contributed by atoms with E-state index in [1.54, 1.807) is 0 Å². The first-order chi connectivity index (χ1) is 9.76. The van der Waals surface area contributed by atoms with E-state index in [-0.39, 0.29) is 0 Å². The number of piperidine rings is 1. The fraction of sp³-hybridized carbons (Fsp3) is 0.812. The van der Waals surface area contributed by atoms with Gasteiger partial charge in [-0.2, -0.15) is 5.10 Å². The van der Waals surface area contributed by atoms with Gasteiger partial charge < -0.3 is 5.32 Å². The molecule has 1 aromatic heterocycles. The normalized spacial score (nSPS) is 20.4. The van der Waals surface area contributed by atoms with E-state index in [1.165, 1.54) is 43.7 Å². The molecule has 0 bridgehead atoms. The van der Waals surface area contributed by atoms with Crippen LogP contribution in [0.15, 0.2) is 6.07 Å². The van der Waals surface area contributed by atoms with E-state index >= 15 is 0 Å². The van der Waals surface area contributed by atoms with E-state index in [1.807, 2.05) is 0 Å². The summed E-state index contributed by atoms with van der Waals surface area (Å²) in [6.45, 7) is 12.2. The molecule has 1 aliphatic heterocycles. The lowest BCUT2D eigenvalue weighted by Crippen LogP contribution is -2.45. The number of aromatic nitrogens is 2. The van der Waals surface area contributed by atoms with E-state index < -0.39 is 0 Å². The zero-order valence-corrected chi connectivity index (χ0v) is 13.4. The Labute approximate surface area is 123 Å². The van der Waals surface area contributed by atoms with Crippen molar-refractivity contribution in [3.63, 3.8) is 0 Å². The molecule has 4 nitrogen and oxygen atoms in total. The molecule has 114 valence electrons. The maximum Gasteiger partial charge on any atom is 0.0625 e. The van der Waals surface area contributed by atoms with Gasteiger partial charge in [0.25, 0.3) is 0 Å². The minimum Gasteiger partial charge on any atom is -0.313 e. The maximum atomic E-state index is 4.66. The molecule has 0 aliphatic carbocycles. The summed E-state index contributed by atoms with van der Waals surface area (Å²) in [7, 11) is 0. The predicted octanol–water partition coefficient (Wildman–Crippen LogP) is 2.43. The summed E-state index contributed by atoms with van der Waals surface area (Å²) >= 11 is 0. The average molecular weight is 278 g/mol. The van der Waals surface area contributed by atoms with E-state index in [9.17, 15) is 0 Å². The Morgan fingerprint density at radius 2 is 2.20 bits per heavy atom. The van der Waals surface area contributed by atoms with Crippen LogP contribution >= 0.6 is 0 Å². The molecule has 1 aromatic rings. The Bertz CT molecular complexity index is 399. The van der Waals surface area contributed by atoms with Crippen molar-refractivity contribution in [2.45, 2.75) is 65.6 Å². The van der Waals surface area contributed by atoms with Gasteiger partial charge in [-0.05, 0) is 51.8 Å². The molecule has 1 unspecified atom stereocenters. The second-order valence-corrected chi connectivity index (χ2v) is 5.82. The van der Waals surface area contributed by atoms with E-state index in [4.69, 9.17) is 0 Å². The summed E-state index contributed by atoms with van der Waals surface area (Å²) in [5.41, 5.74) is 2.60.